The molecule has 1 heterocycles. The highest BCUT2D eigenvalue weighted by atomic mass is 32.2. The Morgan fingerprint density at radius 1 is 1.06 bits per heavy atom. The monoisotopic (exact) mass is 467 g/mol. The second-order valence-corrected chi connectivity index (χ2v) is 8.60. The van der Waals surface area contributed by atoms with Gasteiger partial charge in [-0.1, -0.05) is 24.3 Å². The van der Waals surface area contributed by atoms with Gasteiger partial charge in [0.25, 0.3) is 5.91 Å². The highest BCUT2D eigenvalue weighted by molar-refractivity contribution is 7.89. The number of aromatic nitrogens is 1. The SMILES string of the molecule is C=CCNS(=O)(=O)c1ccc(C(=O)NCc2ccc(Oc3ccccc3OCC)nc2)cc1. The van der Waals surface area contributed by atoms with Gasteiger partial charge in [-0.25, -0.2) is 18.1 Å². The number of nitrogens with zero attached hydrogens (tertiary/aromatic N) is 1. The topological polar surface area (TPSA) is 107 Å². The summed E-state index contributed by atoms with van der Waals surface area (Å²) in [6.45, 7) is 6.28. The van der Waals surface area contributed by atoms with Gasteiger partial charge in [-0.2, -0.15) is 0 Å². The third-order valence-electron chi connectivity index (χ3n) is 4.46. The Hall–Kier alpha value is -3.69. The third-order valence-corrected chi connectivity index (χ3v) is 5.90. The van der Waals surface area contributed by atoms with Crippen LogP contribution in [0.4, 0.5) is 0 Å². The number of hydrogen-bond acceptors (Lipinski definition) is 6. The Labute approximate surface area is 193 Å². The summed E-state index contributed by atoms with van der Waals surface area (Å²) < 4.78 is 37.9. The lowest BCUT2D eigenvalue weighted by Crippen LogP contribution is -2.24. The molecule has 0 saturated heterocycles. The van der Waals surface area contributed by atoms with Crippen molar-refractivity contribution in [3.05, 3.63) is 90.6 Å². The molecule has 8 nitrogen and oxygen atoms in total. The summed E-state index contributed by atoms with van der Waals surface area (Å²) in [5.74, 6) is 1.27. The number of rotatable bonds is 11. The average molecular weight is 468 g/mol. The molecule has 172 valence electrons. The maximum Gasteiger partial charge on any atom is 0.251 e. The van der Waals surface area contributed by atoms with Gasteiger partial charge < -0.3 is 14.8 Å². The van der Waals surface area contributed by atoms with Crippen molar-refractivity contribution < 1.29 is 22.7 Å². The van der Waals surface area contributed by atoms with Gasteiger partial charge in [0, 0.05) is 30.9 Å². The predicted octanol–water partition coefficient (Wildman–Crippen LogP) is 3.67. The number of hydrogen-bond donors (Lipinski definition) is 2. The molecule has 0 atom stereocenters. The Morgan fingerprint density at radius 3 is 2.42 bits per heavy atom. The number of nitrogens with one attached hydrogen (secondary N) is 2. The van der Waals surface area contributed by atoms with Gasteiger partial charge in [0.2, 0.25) is 15.9 Å². The molecule has 3 aromatic rings. The van der Waals surface area contributed by atoms with E-state index in [1.807, 2.05) is 25.1 Å². The van der Waals surface area contributed by atoms with Gasteiger partial charge in [0.15, 0.2) is 11.5 Å². The Balaban J connectivity index is 1.57. The summed E-state index contributed by atoms with van der Waals surface area (Å²) >= 11 is 0. The van der Waals surface area contributed by atoms with E-state index in [1.54, 1.807) is 24.4 Å². The zero-order chi connectivity index (χ0) is 23.7. The molecule has 0 saturated carbocycles. The highest BCUT2D eigenvalue weighted by Crippen LogP contribution is 2.30. The maximum atomic E-state index is 12.4. The van der Waals surface area contributed by atoms with Crippen LogP contribution in [0.3, 0.4) is 0 Å². The number of benzene rings is 2. The molecular formula is C24H25N3O5S. The number of para-hydroxylation sites is 2. The summed E-state index contributed by atoms with van der Waals surface area (Å²) in [5, 5.41) is 2.78. The van der Waals surface area contributed by atoms with Crippen molar-refractivity contribution in [2.75, 3.05) is 13.2 Å². The minimum atomic E-state index is -3.63. The predicted molar refractivity (Wildman–Crippen MR) is 125 cm³/mol. The largest absolute Gasteiger partial charge is 0.490 e. The number of pyridine rings is 1. The highest BCUT2D eigenvalue weighted by Gasteiger charge is 2.14. The van der Waals surface area contributed by atoms with E-state index in [2.05, 4.69) is 21.6 Å². The van der Waals surface area contributed by atoms with E-state index in [1.165, 1.54) is 30.3 Å². The van der Waals surface area contributed by atoms with Crippen LogP contribution in [0.1, 0.15) is 22.8 Å². The minimum Gasteiger partial charge on any atom is -0.490 e. The van der Waals surface area contributed by atoms with Crippen LogP contribution in [0.15, 0.2) is 84.4 Å². The van der Waals surface area contributed by atoms with Gasteiger partial charge in [-0.05, 0) is 48.9 Å². The van der Waals surface area contributed by atoms with Crippen molar-refractivity contribution in [1.82, 2.24) is 15.0 Å². The van der Waals surface area contributed by atoms with Crippen LogP contribution in [0.5, 0.6) is 17.4 Å². The van der Waals surface area contributed by atoms with Gasteiger partial charge >= 0.3 is 0 Å². The Bertz CT molecular complexity index is 1190. The molecule has 0 aliphatic carbocycles. The first-order chi connectivity index (χ1) is 15.9. The summed E-state index contributed by atoms with van der Waals surface area (Å²) in [6, 6.07) is 16.5. The summed E-state index contributed by atoms with van der Waals surface area (Å²) in [6.07, 6.45) is 3.06. The maximum absolute atomic E-state index is 12.4. The van der Waals surface area contributed by atoms with Crippen molar-refractivity contribution in [2.45, 2.75) is 18.4 Å². The molecule has 9 heteroatoms. The smallest absolute Gasteiger partial charge is 0.251 e. The van der Waals surface area contributed by atoms with E-state index in [4.69, 9.17) is 9.47 Å². The molecular weight excluding hydrogens is 442 g/mol. The normalized spacial score (nSPS) is 10.9. The van der Waals surface area contributed by atoms with Gasteiger partial charge in [0.1, 0.15) is 0 Å². The van der Waals surface area contributed by atoms with Crippen molar-refractivity contribution in [2.24, 2.45) is 0 Å². The van der Waals surface area contributed by atoms with Crippen molar-refractivity contribution in [1.29, 1.82) is 0 Å². The molecule has 1 amide bonds. The first-order valence-corrected chi connectivity index (χ1v) is 11.7. The van der Waals surface area contributed by atoms with E-state index < -0.39 is 10.0 Å². The lowest BCUT2D eigenvalue weighted by atomic mass is 10.2. The van der Waals surface area contributed by atoms with Crippen LogP contribution in [-0.2, 0) is 16.6 Å². The molecule has 33 heavy (non-hydrogen) atoms. The summed E-state index contributed by atoms with van der Waals surface area (Å²) in [7, 11) is -3.63. The molecule has 0 bridgehead atoms. The standard InChI is InChI=1S/C24H25N3O5S/c1-3-15-27-33(29,30)20-12-10-19(11-13-20)24(28)26-17-18-9-14-23(25-16-18)32-22-8-6-5-7-21(22)31-4-2/h3,5-14,16,27H,1,4,15,17H2,2H3,(H,26,28). The quantitative estimate of drug-likeness (QED) is 0.417. The Morgan fingerprint density at radius 2 is 1.79 bits per heavy atom. The van der Waals surface area contributed by atoms with E-state index in [0.29, 0.717) is 29.5 Å². The first kappa shape index (κ1) is 24.0. The zero-order valence-electron chi connectivity index (χ0n) is 18.2. The van der Waals surface area contributed by atoms with Gasteiger partial charge in [0.05, 0.1) is 11.5 Å². The number of sulfonamides is 1. The number of carbonyl (C=O) groups excluding carboxylic acids is 1. The number of carbonyl (C=O) groups is 1. The summed E-state index contributed by atoms with van der Waals surface area (Å²) in [4.78, 5) is 16.8. The van der Waals surface area contributed by atoms with Crippen LogP contribution in [0.25, 0.3) is 0 Å². The molecule has 0 radical (unpaired) electrons. The molecule has 3 rings (SSSR count). The van der Waals surface area contributed by atoms with Crippen molar-refractivity contribution in [3.8, 4) is 17.4 Å². The number of ether oxygens (including phenoxy) is 2. The molecule has 0 fully saturated rings. The van der Waals surface area contributed by atoms with Crippen LogP contribution >= 0.6 is 0 Å². The fourth-order valence-electron chi connectivity index (χ4n) is 2.82. The van der Waals surface area contributed by atoms with E-state index >= 15 is 0 Å². The van der Waals surface area contributed by atoms with Crippen molar-refractivity contribution in [3.63, 3.8) is 0 Å². The molecule has 0 aliphatic rings. The molecule has 0 unspecified atom stereocenters. The zero-order valence-corrected chi connectivity index (χ0v) is 19.0. The van der Waals surface area contributed by atoms with Crippen LogP contribution in [0, 0.1) is 0 Å². The molecule has 2 N–H and O–H groups in total. The molecule has 0 aliphatic heterocycles. The lowest BCUT2D eigenvalue weighted by Gasteiger charge is -2.11. The van der Waals surface area contributed by atoms with Crippen LogP contribution in [0.2, 0.25) is 0 Å². The molecule has 0 spiro atoms. The van der Waals surface area contributed by atoms with E-state index in [0.717, 1.165) is 5.56 Å². The number of amides is 1. The fourth-order valence-corrected chi connectivity index (χ4v) is 3.82. The Kier molecular flexibility index (Phi) is 8.17. The summed E-state index contributed by atoms with van der Waals surface area (Å²) in [5.41, 5.74) is 1.12. The van der Waals surface area contributed by atoms with Crippen molar-refractivity contribution >= 4 is 15.9 Å². The second kappa shape index (κ2) is 11.3. The lowest BCUT2D eigenvalue weighted by molar-refractivity contribution is 0.0950. The van der Waals surface area contributed by atoms with Gasteiger partial charge in [-0.15, -0.1) is 6.58 Å². The first-order valence-electron chi connectivity index (χ1n) is 10.3. The third kappa shape index (κ3) is 6.64. The molecule has 1 aromatic heterocycles. The van der Waals surface area contributed by atoms with E-state index in [9.17, 15) is 13.2 Å². The fraction of sp³-hybridized carbons (Fsp3) is 0.167. The van der Waals surface area contributed by atoms with Gasteiger partial charge in [-0.3, -0.25) is 4.79 Å². The minimum absolute atomic E-state index is 0.0756. The van der Waals surface area contributed by atoms with Crippen LogP contribution < -0.4 is 19.5 Å². The average Bonchev–Trinajstić information content (AvgIpc) is 2.83. The second-order valence-electron chi connectivity index (χ2n) is 6.83. The van der Waals surface area contributed by atoms with Crippen LogP contribution in [-0.4, -0.2) is 32.5 Å². The van der Waals surface area contributed by atoms with E-state index in [-0.39, 0.29) is 23.9 Å². The molecule has 2 aromatic carbocycles.